The van der Waals surface area contributed by atoms with Crippen molar-refractivity contribution in [3.8, 4) is 5.75 Å². The molecule has 0 bridgehead atoms. The molecule has 0 aliphatic heterocycles. The van der Waals surface area contributed by atoms with Gasteiger partial charge in [-0.1, -0.05) is 23.7 Å². The van der Waals surface area contributed by atoms with Crippen molar-refractivity contribution in [2.45, 2.75) is 12.9 Å². The average Bonchev–Trinajstić information content (AvgIpc) is 2.40. The van der Waals surface area contributed by atoms with Crippen LogP contribution in [0.3, 0.4) is 0 Å². The lowest BCUT2D eigenvalue weighted by molar-refractivity contribution is -0.274. The first-order chi connectivity index (χ1) is 9.76. The van der Waals surface area contributed by atoms with Crippen LogP contribution >= 0.6 is 27.5 Å². The Hall–Kier alpha value is -1.54. The maximum atomic E-state index is 12.0. The van der Waals surface area contributed by atoms with Crippen LogP contribution in [-0.2, 0) is 6.54 Å². The molecule has 112 valence electrons. The van der Waals surface area contributed by atoms with Gasteiger partial charge < -0.3 is 4.74 Å². The number of nitrogens with zero attached hydrogens (tertiary/aromatic N) is 2. The van der Waals surface area contributed by atoms with E-state index in [1.165, 1.54) is 35.2 Å². The van der Waals surface area contributed by atoms with Crippen molar-refractivity contribution in [3.63, 3.8) is 0 Å². The highest BCUT2D eigenvalue weighted by Gasteiger charge is 2.30. The van der Waals surface area contributed by atoms with Crippen LogP contribution in [0.5, 0.6) is 5.75 Å². The van der Waals surface area contributed by atoms with Crippen LogP contribution in [0.4, 0.5) is 13.2 Å². The number of rotatable bonds is 3. The average molecular weight is 384 g/mol. The molecular formula is C12H7BrClF3N2O2. The summed E-state index contributed by atoms with van der Waals surface area (Å²) in [6.45, 7) is 0.147. The maximum absolute atomic E-state index is 12.0. The highest BCUT2D eigenvalue weighted by Crippen LogP contribution is 2.23. The first-order valence-electron chi connectivity index (χ1n) is 5.51. The van der Waals surface area contributed by atoms with E-state index in [2.05, 4.69) is 25.7 Å². The second-order valence-electron chi connectivity index (χ2n) is 3.97. The zero-order valence-electron chi connectivity index (χ0n) is 10.2. The summed E-state index contributed by atoms with van der Waals surface area (Å²) in [4.78, 5) is 15.7. The number of halogens is 5. The van der Waals surface area contributed by atoms with E-state index in [-0.39, 0.29) is 27.5 Å². The van der Waals surface area contributed by atoms with Crippen LogP contribution in [0, 0.1) is 0 Å². The van der Waals surface area contributed by atoms with Crippen molar-refractivity contribution in [2.75, 3.05) is 0 Å². The fourth-order valence-electron chi connectivity index (χ4n) is 1.55. The molecule has 0 unspecified atom stereocenters. The van der Waals surface area contributed by atoms with Gasteiger partial charge in [-0.25, -0.2) is 4.98 Å². The topological polar surface area (TPSA) is 44.1 Å². The largest absolute Gasteiger partial charge is 0.573 e. The Bertz CT molecular complexity index is 701. The molecule has 2 rings (SSSR count). The minimum atomic E-state index is -4.73. The van der Waals surface area contributed by atoms with Crippen molar-refractivity contribution >= 4 is 27.5 Å². The molecule has 2 aromatic rings. The van der Waals surface area contributed by atoms with Gasteiger partial charge in [0.1, 0.15) is 10.2 Å². The van der Waals surface area contributed by atoms with Crippen molar-refractivity contribution in [1.82, 2.24) is 9.55 Å². The van der Waals surface area contributed by atoms with Crippen LogP contribution in [-0.4, -0.2) is 15.9 Å². The fraction of sp³-hybridized carbons (Fsp3) is 0.167. The molecule has 1 aromatic heterocycles. The first-order valence-corrected chi connectivity index (χ1v) is 6.68. The molecular weight excluding hydrogens is 376 g/mol. The number of alkyl halides is 3. The predicted octanol–water partition coefficient (Wildman–Crippen LogP) is 3.61. The Morgan fingerprint density at radius 1 is 1.29 bits per heavy atom. The zero-order valence-corrected chi connectivity index (χ0v) is 12.5. The number of hydrogen-bond donors (Lipinski definition) is 0. The van der Waals surface area contributed by atoms with Gasteiger partial charge in [-0.05, 0) is 33.6 Å². The van der Waals surface area contributed by atoms with Crippen LogP contribution in [0.15, 0.2) is 39.9 Å². The molecule has 0 fully saturated rings. The van der Waals surface area contributed by atoms with Crippen molar-refractivity contribution in [3.05, 3.63) is 56.1 Å². The molecule has 21 heavy (non-hydrogen) atoms. The predicted molar refractivity (Wildman–Crippen MR) is 73.4 cm³/mol. The summed E-state index contributed by atoms with van der Waals surface area (Å²) in [6, 6.07) is 5.20. The van der Waals surface area contributed by atoms with Gasteiger partial charge >= 0.3 is 6.36 Å². The molecule has 0 aliphatic rings. The third-order valence-corrected chi connectivity index (χ3v) is 3.68. The van der Waals surface area contributed by atoms with Crippen molar-refractivity contribution in [2.24, 2.45) is 0 Å². The summed E-state index contributed by atoms with van der Waals surface area (Å²) >= 11 is 8.69. The molecule has 1 aromatic carbocycles. The Balaban J connectivity index is 2.18. The molecule has 9 heteroatoms. The molecule has 1 heterocycles. The molecule has 0 aliphatic carbocycles. The number of benzene rings is 1. The lowest BCUT2D eigenvalue weighted by Gasteiger charge is -2.10. The SMILES string of the molecule is O=c1c(Br)c(Cl)ncn1Cc1ccc(OC(F)(F)F)cc1. The summed E-state index contributed by atoms with van der Waals surface area (Å²) in [5.41, 5.74) is 0.230. The van der Waals surface area contributed by atoms with Gasteiger partial charge in [0.15, 0.2) is 5.15 Å². The third kappa shape index (κ3) is 4.21. The maximum Gasteiger partial charge on any atom is 0.573 e. The molecule has 0 spiro atoms. The fourth-order valence-corrected chi connectivity index (χ4v) is 2.00. The van der Waals surface area contributed by atoms with E-state index >= 15 is 0 Å². The number of aromatic nitrogens is 2. The van der Waals surface area contributed by atoms with E-state index in [1.807, 2.05) is 0 Å². The summed E-state index contributed by atoms with van der Waals surface area (Å²) in [7, 11) is 0. The third-order valence-electron chi connectivity index (χ3n) is 2.45. The quantitative estimate of drug-likeness (QED) is 0.761. The standard InChI is InChI=1S/C12H7BrClF3N2O2/c13-9-10(14)18-6-19(11(9)20)5-7-1-3-8(4-2-7)21-12(15,16)17/h1-4,6H,5H2. The van der Waals surface area contributed by atoms with Crippen LogP contribution in [0.2, 0.25) is 5.15 Å². The molecule has 0 saturated heterocycles. The monoisotopic (exact) mass is 382 g/mol. The molecule has 0 atom stereocenters. The van der Waals surface area contributed by atoms with Crippen LogP contribution < -0.4 is 10.3 Å². The van der Waals surface area contributed by atoms with Crippen molar-refractivity contribution in [1.29, 1.82) is 0 Å². The minimum absolute atomic E-state index is 0.0465. The second-order valence-corrected chi connectivity index (χ2v) is 5.13. The Labute approximate surface area is 130 Å². The van der Waals surface area contributed by atoms with Crippen LogP contribution in [0.1, 0.15) is 5.56 Å². The molecule has 0 N–H and O–H groups in total. The zero-order chi connectivity index (χ0) is 15.6. The van der Waals surface area contributed by atoms with E-state index in [0.29, 0.717) is 5.56 Å². The van der Waals surface area contributed by atoms with Gasteiger partial charge in [0.25, 0.3) is 5.56 Å². The summed E-state index contributed by atoms with van der Waals surface area (Å²) in [5.74, 6) is -0.325. The second kappa shape index (κ2) is 6.07. The Morgan fingerprint density at radius 2 is 1.90 bits per heavy atom. The number of hydrogen-bond acceptors (Lipinski definition) is 3. The molecule has 4 nitrogen and oxygen atoms in total. The first kappa shape index (κ1) is 15.8. The summed E-state index contributed by atoms with van der Waals surface area (Å²) < 4.78 is 41.3. The highest BCUT2D eigenvalue weighted by atomic mass is 79.9. The highest BCUT2D eigenvalue weighted by molar-refractivity contribution is 9.10. The van der Waals surface area contributed by atoms with E-state index in [0.717, 1.165) is 0 Å². The lowest BCUT2D eigenvalue weighted by atomic mass is 10.2. The van der Waals surface area contributed by atoms with E-state index in [1.54, 1.807) is 0 Å². The molecule has 0 amide bonds. The van der Waals surface area contributed by atoms with Gasteiger partial charge in [0.2, 0.25) is 0 Å². The normalized spacial score (nSPS) is 11.5. The van der Waals surface area contributed by atoms with Gasteiger partial charge in [-0.3, -0.25) is 9.36 Å². The Morgan fingerprint density at radius 3 is 2.48 bits per heavy atom. The Kier molecular flexibility index (Phi) is 4.58. The molecule has 0 radical (unpaired) electrons. The van der Waals surface area contributed by atoms with Gasteiger partial charge in [0, 0.05) is 0 Å². The minimum Gasteiger partial charge on any atom is -0.406 e. The summed E-state index contributed by atoms with van der Waals surface area (Å²) in [6.07, 6.45) is -3.47. The smallest absolute Gasteiger partial charge is 0.406 e. The van der Waals surface area contributed by atoms with E-state index < -0.39 is 6.36 Å². The van der Waals surface area contributed by atoms with Crippen molar-refractivity contribution < 1.29 is 17.9 Å². The summed E-state index contributed by atoms with van der Waals surface area (Å²) in [5, 5.41) is 0.0465. The van der Waals surface area contributed by atoms with Crippen LogP contribution in [0.25, 0.3) is 0 Å². The van der Waals surface area contributed by atoms with E-state index in [4.69, 9.17) is 11.6 Å². The lowest BCUT2D eigenvalue weighted by Crippen LogP contribution is -2.22. The molecule has 0 saturated carbocycles. The van der Waals surface area contributed by atoms with Gasteiger partial charge in [-0.2, -0.15) is 0 Å². The van der Waals surface area contributed by atoms with E-state index in [9.17, 15) is 18.0 Å². The van der Waals surface area contributed by atoms with Gasteiger partial charge in [0.05, 0.1) is 12.9 Å². The van der Waals surface area contributed by atoms with Gasteiger partial charge in [-0.15, -0.1) is 13.2 Å². The number of ether oxygens (including phenoxy) is 1.